The third-order valence-corrected chi connectivity index (χ3v) is 4.12. The van der Waals surface area contributed by atoms with E-state index in [9.17, 15) is 4.79 Å². The average Bonchev–Trinajstić information content (AvgIpc) is 2.73. The molecule has 94 valence electrons. The second kappa shape index (κ2) is 5.49. The van der Waals surface area contributed by atoms with Crippen LogP contribution < -0.4 is 4.74 Å². The number of thiazole rings is 1. The second-order valence-electron chi connectivity index (χ2n) is 3.40. The Bertz CT molecular complexity index is 565. The molecule has 0 radical (unpaired) electrons. The Kier molecular flexibility index (Phi) is 3.98. The minimum Gasteiger partial charge on any atom is -0.494 e. The smallest absolute Gasteiger partial charge is 0.348 e. The lowest BCUT2D eigenvalue weighted by Crippen LogP contribution is -1.91. The van der Waals surface area contributed by atoms with Crippen molar-refractivity contribution in [3.8, 4) is 16.3 Å². The van der Waals surface area contributed by atoms with Crippen molar-refractivity contribution in [2.45, 2.75) is 6.92 Å². The summed E-state index contributed by atoms with van der Waals surface area (Å²) in [4.78, 5) is 15.3. The number of rotatable bonds is 4. The zero-order valence-electron chi connectivity index (χ0n) is 9.51. The van der Waals surface area contributed by atoms with Gasteiger partial charge in [0.05, 0.1) is 6.61 Å². The molecule has 0 amide bonds. The van der Waals surface area contributed by atoms with Crippen molar-refractivity contribution in [1.29, 1.82) is 0 Å². The lowest BCUT2D eigenvalue weighted by atomic mass is 10.2. The van der Waals surface area contributed by atoms with Crippen LogP contribution in [-0.2, 0) is 0 Å². The lowest BCUT2D eigenvalue weighted by molar-refractivity contribution is 0.0701. The van der Waals surface area contributed by atoms with Crippen LogP contribution in [0.25, 0.3) is 10.6 Å². The quantitative estimate of drug-likeness (QED) is 0.930. The topological polar surface area (TPSA) is 59.4 Å². The summed E-state index contributed by atoms with van der Waals surface area (Å²) in [6.45, 7) is 2.54. The van der Waals surface area contributed by atoms with Crippen LogP contribution in [0, 0.1) is 0 Å². The molecule has 0 aliphatic rings. The SMILES string of the molecule is CCOc1ccc(-c2nc(Br)c(C(=O)O)s2)cc1. The van der Waals surface area contributed by atoms with Gasteiger partial charge in [0, 0.05) is 5.56 Å². The molecule has 2 rings (SSSR count). The number of aromatic carboxylic acids is 1. The van der Waals surface area contributed by atoms with E-state index in [4.69, 9.17) is 9.84 Å². The van der Waals surface area contributed by atoms with E-state index in [0.29, 0.717) is 16.2 Å². The number of carboxylic acids is 1. The number of ether oxygens (including phenoxy) is 1. The third-order valence-electron chi connectivity index (χ3n) is 2.19. The summed E-state index contributed by atoms with van der Waals surface area (Å²) in [5.74, 6) is -0.188. The molecule has 0 saturated heterocycles. The van der Waals surface area contributed by atoms with Gasteiger partial charge in [-0.3, -0.25) is 0 Å². The third kappa shape index (κ3) is 2.70. The highest BCUT2D eigenvalue weighted by atomic mass is 79.9. The van der Waals surface area contributed by atoms with Gasteiger partial charge in [-0.15, -0.1) is 11.3 Å². The molecule has 4 nitrogen and oxygen atoms in total. The van der Waals surface area contributed by atoms with Crippen LogP contribution in [0.3, 0.4) is 0 Å². The van der Waals surface area contributed by atoms with Crippen LogP contribution in [0.1, 0.15) is 16.6 Å². The minimum atomic E-state index is -0.975. The van der Waals surface area contributed by atoms with Crippen molar-refractivity contribution in [2.24, 2.45) is 0 Å². The number of halogens is 1. The average molecular weight is 328 g/mol. The van der Waals surface area contributed by atoms with Crippen molar-refractivity contribution in [1.82, 2.24) is 4.98 Å². The highest BCUT2D eigenvalue weighted by Crippen LogP contribution is 2.31. The fourth-order valence-electron chi connectivity index (χ4n) is 1.42. The summed E-state index contributed by atoms with van der Waals surface area (Å²) in [5.41, 5.74) is 0.872. The Morgan fingerprint density at radius 2 is 2.11 bits per heavy atom. The number of carbonyl (C=O) groups is 1. The van der Waals surface area contributed by atoms with Crippen molar-refractivity contribution in [3.05, 3.63) is 33.7 Å². The van der Waals surface area contributed by atoms with Crippen molar-refractivity contribution in [2.75, 3.05) is 6.61 Å². The lowest BCUT2D eigenvalue weighted by Gasteiger charge is -2.02. The Morgan fingerprint density at radius 3 is 2.61 bits per heavy atom. The normalized spacial score (nSPS) is 10.3. The first kappa shape index (κ1) is 13.0. The molecule has 0 unspecified atom stereocenters. The molecule has 0 saturated carbocycles. The first-order valence-corrected chi connectivity index (χ1v) is 6.85. The molecular weight excluding hydrogens is 318 g/mol. The zero-order valence-corrected chi connectivity index (χ0v) is 11.9. The Hall–Kier alpha value is -1.40. The maximum absolute atomic E-state index is 10.9. The van der Waals surface area contributed by atoms with Crippen LogP contribution >= 0.6 is 27.3 Å². The van der Waals surface area contributed by atoms with E-state index < -0.39 is 5.97 Å². The van der Waals surface area contributed by atoms with Gasteiger partial charge in [-0.05, 0) is 47.1 Å². The standard InChI is InChI=1S/C12H10BrNO3S/c1-2-17-8-5-3-7(4-6-8)11-14-10(13)9(18-11)12(15)16/h3-6H,2H2,1H3,(H,15,16). The zero-order chi connectivity index (χ0) is 13.1. The maximum atomic E-state index is 10.9. The predicted molar refractivity (Wildman–Crippen MR) is 73.4 cm³/mol. The van der Waals surface area contributed by atoms with Crippen LogP contribution in [0.5, 0.6) is 5.75 Å². The fourth-order valence-corrected chi connectivity index (χ4v) is 2.93. The monoisotopic (exact) mass is 327 g/mol. The molecule has 2 aromatic rings. The molecule has 1 heterocycles. The first-order valence-electron chi connectivity index (χ1n) is 5.24. The highest BCUT2D eigenvalue weighted by Gasteiger charge is 2.16. The van der Waals surface area contributed by atoms with Crippen LogP contribution in [0.15, 0.2) is 28.9 Å². The van der Waals surface area contributed by atoms with E-state index in [1.807, 2.05) is 31.2 Å². The Balaban J connectivity index is 2.31. The van der Waals surface area contributed by atoms with E-state index >= 15 is 0 Å². The predicted octanol–water partition coefficient (Wildman–Crippen LogP) is 3.67. The van der Waals surface area contributed by atoms with Crippen molar-refractivity contribution in [3.63, 3.8) is 0 Å². The van der Waals surface area contributed by atoms with Gasteiger partial charge in [0.1, 0.15) is 20.2 Å². The van der Waals surface area contributed by atoms with E-state index in [1.54, 1.807) is 0 Å². The van der Waals surface area contributed by atoms with E-state index in [0.717, 1.165) is 22.6 Å². The van der Waals surface area contributed by atoms with E-state index in [1.165, 1.54) is 0 Å². The maximum Gasteiger partial charge on any atom is 0.348 e. The molecule has 1 aromatic carbocycles. The number of nitrogens with zero attached hydrogens (tertiary/aromatic N) is 1. The van der Waals surface area contributed by atoms with Gasteiger partial charge in [0.15, 0.2) is 0 Å². The van der Waals surface area contributed by atoms with Crippen molar-refractivity contribution < 1.29 is 14.6 Å². The molecule has 0 bridgehead atoms. The number of benzene rings is 1. The molecule has 1 aromatic heterocycles. The fraction of sp³-hybridized carbons (Fsp3) is 0.167. The summed E-state index contributed by atoms with van der Waals surface area (Å²) in [5, 5.41) is 9.63. The van der Waals surface area contributed by atoms with Gasteiger partial charge in [-0.2, -0.15) is 0 Å². The van der Waals surface area contributed by atoms with Crippen molar-refractivity contribution >= 4 is 33.2 Å². The molecule has 0 aliphatic heterocycles. The molecule has 0 fully saturated rings. The molecule has 0 spiro atoms. The van der Waals surface area contributed by atoms with Gasteiger partial charge in [-0.1, -0.05) is 0 Å². The molecule has 0 aliphatic carbocycles. The largest absolute Gasteiger partial charge is 0.494 e. The van der Waals surface area contributed by atoms with E-state index in [2.05, 4.69) is 20.9 Å². The number of hydrogen-bond donors (Lipinski definition) is 1. The summed E-state index contributed by atoms with van der Waals surface area (Å²) in [6.07, 6.45) is 0. The summed E-state index contributed by atoms with van der Waals surface area (Å²) >= 11 is 4.29. The van der Waals surface area contributed by atoms with Gasteiger partial charge in [-0.25, -0.2) is 9.78 Å². The van der Waals surface area contributed by atoms with Crippen LogP contribution in [-0.4, -0.2) is 22.7 Å². The summed E-state index contributed by atoms with van der Waals surface area (Å²) in [7, 11) is 0. The first-order chi connectivity index (χ1) is 8.61. The summed E-state index contributed by atoms with van der Waals surface area (Å²) < 4.78 is 5.71. The Labute approximate surface area is 116 Å². The molecule has 18 heavy (non-hydrogen) atoms. The summed E-state index contributed by atoms with van der Waals surface area (Å²) in [6, 6.07) is 7.41. The molecule has 0 atom stereocenters. The highest BCUT2D eigenvalue weighted by molar-refractivity contribution is 9.10. The van der Waals surface area contributed by atoms with Gasteiger partial charge >= 0.3 is 5.97 Å². The number of aromatic nitrogens is 1. The van der Waals surface area contributed by atoms with Crippen LogP contribution in [0.4, 0.5) is 0 Å². The van der Waals surface area contributed by atoms with Crippen LogP contribution in [0.2, 0.25) is 0 Å². The van der Waals surface area contributed by atoms with Gasteiger partial charge in [0.25, 0.3) is 0 Å². The molecule has 6 heteroatoms. The molecular formula is C12H10BrNO3S. The number of hydrogen-bond acceptors (Lipinski definition) is 4. The second-order valence-corrected chi connectivity index (χ2v) is 5.15. The number of carboxylic acid groups (broad SMARTS) is 1. The minimum absolute atomic E-state index is 0.207. The van der Waals surface area contributed by atoms with Gasteiger partial charge < -0.3 is 9.84 Å². The van der Waals surface area contributed by atoms with Gasteiger partial charge in [0.2, 0.25) is 0 Å². The Morgan fingerprint density at radius 1 is 1.44 bits per heavy atom. The van der Waals surface area contributed by atoms with E-state index in [-0.39, 0.29) is 4.88 Å². The molecule has 1 N–H and O–H groups in total.